The van der Waals surface area contributed by atoms with E-state index in [1.807, 2.05) is 55.8 Å². The molecule has 0 aliphatic rings. The van der Waals surface area contributed by atoms with Crippen molar-refractivity contribution in [3.63, 3.8) is 0 Å². The number of benzene rings is 1. The zero-order valence-electron chi connectivity index (χ0n) is 18.0. The number of thioether (sulfide) groups is 1. The number of aryl methyl sites for hydroxylation is 1. The number of carbonyl (C=O) groups is 1. The third-order valence-electron chi connectivity index (χ3n) is 5.22. The molecular weight excluding hydrogens is 464 g/mol. The van der Waals surface area contributed by atoms with Crippen LogP contribution in [0.25, 0.3) is 0 Å². The summed E-state index contributed by atoms with van der Waals surface area (Å²) in [7, 11) is 1.87. The normalized spacial score (nSPS) is 11.1. The minimum atomic E-state index is 0.0809. The fraction of sp³-hybridized carbons (Fsp3) is 0.261. The summed E-state index contributed by atoms with van der Waals surface area (Å²) in [5.74, 6) is 1.63. The first kappa shape index (κ1) is 22.6. The number of carbonyl (C=O) groups excluding carboxylic acids is 1. The van der Waals surface area contributed by atoms with Gasteiger partial charge in [0, 0.05) is 28.9 Å². The Morgan fingerprint density at radius 3 is 2.75 bits per heavy atom. The highest BCUT2D eigenvalue weighted by Gasteiger charge is 2.18. The third kappa shape index (κ3) is 4.92. The molecule has 1 aromatic carbocycles. The van der Waals surface area contributed by atoms with E-state index >= 15 is 0 Å². The minimum absolute atomic E-state index is 0.0809. The van der Waals surface area contributed by atoms with Crippen LogP contribution in [0.3, 0.4) is 0 Å². The van der Waals surface area contributed by atoms with Gasteiger partial charge in [0.2, 0.25) is 0 Å². The van der Waals surface area contributed by atoms with Crippen LogP contribution < -0.4 is 4.74 Å². The lowest BCUT2D eigenvalue weighted by Crippen LogP contribution is -2.08. The van der Waals surface area contributed by atoms with E-state index in [4.69, 9.17) is 16.3 Å². The van der Waals surface area contributed by atoms with Crippen molar-refractivity contribution in [3.05, 3.63) is 80.5 Å². The fourth-order valence-electron chi connectivity index (χ4n) is 3.39. The van der Waals surface area contributed by atoms with Crippen LogP contribution in [0.1, 0.15) is 32.4 Å². The van der Waals surface area contributed by atoms with E-state index in [1.54, 1.807) is 17.4 Å². The molecular formula is C23H23ClN4O2S2. The Hall–Kier alpha value is -2.55. The summed E-state index contributed by atoms with van der Waals surface area (Å²) in [6, 6.07) is 13.4. The number of rotatable bonds is 9. The quantitative estimate of drug-likeness (QED) is 0.229. The van der Waals surface area contributed by atoms with Crippen LogP contribution in [0, 0.1) is 13.8 Å². The van der Waals surface area contributed by atoms with E-state index in [2.05, 4.69) is 26.2 Å². The van der Waals surface area contributed by atoms with Gasteiger partial charge in [0.25, 0.3) is 0 Å². The molecule has 0 aliphatic heterocycles. The van der Waals surface area contributed by atoms with Crippen LogP contribution in [0.5, 0.6) is 5.75 Å². The molecule has 0 N–H and O–H groups in total. The Morgan fingerprint density at radius 1 is 1.19 bits per heavy atom. The molecule has 3 aromatic heterocycles. The zero-order chi connectivity index (χ0) is 22.7. The number of thiophene rings is 1. The number of ether oxygens (including phenoxy) is 1. The maximum atomic E-state index is 12.9. The van der Waals surface area contributed by atoms with Gasteiger partial charge in [0.1, 0.15) is 12.4 Å². The number of aromatic nitrogens is 4. The van der Waals surface area contributed by atoms with Crippen molar-refractivity contribution in [2.24, 2.45) is 7.05 Å². The van der Waals surface area contributed by atoms with Crippen molar-refractivity contribution >= 4 is 40.5 Å². The highest BCUT2D eigenvalue weighted by molar-refractivity contribution is 7.99. The van der Waals surface area contributed by atoms with Gasteiger partial charge in [-0.2, -0.15) is 0 Å². The van der Waals surface area contributed by atoms with Gasteiger partial charge in [-0.25, -0.2) is 0 Å². The first-order valence-electron chi connectivity index (χ1n) is 10.0. The molecule has 32 heavy (non-hydrogen) atoms. The van der Waals surface area contributed by atoms with Gasteiger partial charge in [-0.1, -0.05) is 41.6 Å². The number of nitrogens with zero attached hydrogens (tertiary/aromatic N) is 4. The average Bonchev–Trinajstić information content (AvgIpc) is 3.49. The SMILES string of the molecule is Cc1cc(C(=O)CSc2nnc(COc3ccccc3Cl)n2C)c(C)n1Cc1cccs1. The van der Waals surface area contributed by atoms with Crippen LogP contribution in [-0.4, -0.2) is 30.9 Å². The Labute approximate surface area is 200 Å². The molecule has 0 saturated heterocycles. The molecule has 166 valence electrons. The zero-order valence-corrected chi connectivity index (χ0v) is 20.4. The highest BCUT2D eigenvalue weighted by Crippen LogP contribution is 2.25. The maximum Gasteiger partial charge on any atom is 0.191 e. The van der Waals surface area contributed by atoms with Gasteiger partial charge in [-0.05, 0) is 43.5 Å². The molecule has 0 saturated carbocycles. The number of hydrogen-bond acceptors (Lipinski definition) is 6. The molecule has 6 nitrogen and oxygen atoms in total. The summed E-state index contributed by atoms with van der Waals surface area (Å²) in [5, 5.41) is 11.7. The lowest BCUT2D eigenvalue weighted by atomic mass is 10.2. The fourth-order valence-corrected chi connectivity index (χ4v) is 5.09. The largest absolute Gasteiger partial charge is 0.484 e. The second kappa shape index (κ2) is 9.94. The van der Waals surface area contributed by atoms with E-state index < -0.39 is 0 Å². The summed E-state index contributed by atoms with van der Waals surface area (Å²) in [6.45, 7) is 5.07. The summed E-state index contributed by atoms with van der Waals surface area (Å²) in [5.41, 5.74) is 2.84. The van der Waals surface area contributed by atoms with E-state index in [0.717, 1.165) is 23.5 Å². The van der Waals surface area contributed by atoms with E-state index in [-0.39, 0.29) is 12.4 Å². The Bertz CT molecular complexity index is 1230. The second-order valence-corrected chi connectivity index (χ2v) is 9.72. The molecule has 0 amide bonds. The topological polar surface area (TPSA) is 61.9 Å². The molecule has 4 aromatic rings. The molecule has 0 spiro atoms. The van der Waals surface area contributed by atoms with Gasteiger partial charge in [0.15, 0.2) is 16.8 Å². The number of hydrogen-bond donors (Lipinski definition) is 0. The van der Waals surface area contributed by atoms with Crippen LogP contribution in [-0.2, 0) is 20.2 Å². The van der Waals surface area contributed by atoms with Crippen LogP contribution >= 0.6 is 34.7 Å². The lowest BCUT2D eigenvalue weighted by Gasteiger charge is -2.08. The molecule has 0 atom stereocenters. The molecule has 0 radical (unpaired) electrons. The van der Waals surface area contributed by atoms with Crippen molar-refractivity contribution < 1.29 is 9.53 Å². The van der Waals surface area contributed by atoms with Crippen molar-refractivity contribution in [1.29, 1.82) is 0 Å². The summed E-state index contributed by atoms with van der Waals surface area (Å²) < 4.78 is 9.79. The number of halogens is 1. The molecule has 0 bridgehead atoms. The van der Waals surface area contributed by atoms with Crippen molar-refractivity contribution in [1.82, 2.24) is 19.3 Å². The van der Waals surface area contributed by atoms with Gasteiger partial charge < -0.3 is 13.9 Å². The average molecular weight is 487 g/mol. The van der Waals surface area contributed by atoms with Crippen molar-refractivity contribution in [2.75, 3.05) is 5.75 Å². The molecule has 0 aliphatic carbocycles. The van der Waals surface area contributed by atoms with E-state index in [9.17, 15) is 4.79 Å². The Balaban J connectivity index is 1.39. The van der Waals surface area contributed by atoms with Crippen LogP contribution in [0.2, 0.25) is 5.02 Å². The smallest absolute Gasteiger partial charge is 0.191 e. The lowest BCUT2D eigenvalue weighted by molar-refractivity contribution is 0.102. The van der Waals surface area contributed by atoms with Crippen LogP contribution in [0.15, 0.2) is 53.0 Å². The van der Waals surface area contributed by atoms with E-state index in [1.165, 1.54) is 16.6 Å². The minimum Gasteiger partial charge on any atom is -0.484 e. The maximum absolute atomic E-state index is 12.9. The molecule has 9 heteroatoms. The first-order valence-corrected chi connectivity index (χ1v) is 12.3. The van der Waals surface area contributed by atoms with E-state index in [0.29, 0.717) is 27.5 Å². The first-order chi connectivity index (χ1) is 15.4. The van der Waals surface area contributed by atoms with Crippen LogP contribution in [0.4, 0.5) is 0 Å². The highest BCUT2D eigenvalue weighted by atomic mass is 35.5. The van der Waals surface area contributed by atoms with Gasteiger partial charge in [-0.3, -0.25) is 4.79 Å². The summed E-state index contributed by atoms with van der Waals surface area (Å²) >= 11 is 9.23. The predicted molar refractivity (Wildman–Crippen MR) is 129 cm³/mol. The van der Waals surface area contributed by atoms with Gasteiger partial charge >= 0.3 is 0 Å². The van der Waals surface area contributed by atoms with Crippen molar-refractivity contribution in [3.8, 4) is 5.75 Å². The standard InChI is InChI=1S/C23H23ClN4O2S2/c1-15-11-18(16(2)28(15)12-17-7-6-10-31-17)20(29)14-32-23-26-25-22(27(23)3)13-30-21-9-5-4-8-19(21)24/h4-11H,12-14H2,1-3H3. The second-order valence-electron chi connectivity index (χ2n) is 7.34. The molecule has 0 unspecified atom stereocenters. The van der Waals surface area contributed by atoms with Gasteiger partial charge in [-0.15, -0.1) is 21.5 Å². The van der Waals surface area contributed by atoms with Gasteiger partial charge in [0.05, 0.1) is 17.3 Å². The number of Topliss-reactive ketones (excluding diaryl/α,β-unsaturated/α-hetero) is 1. The molecule has 4 rings (SSSR count). The summed E-state index contributed by atoms with van der Waals surface area (Å²) in [6.07, 6.45) is 0. The number of para-hydroxylation sites is 1. The Morgan fingerprint density at radius 2 is 2.00 bits per heavy atom. The Kier molecular flexibility index (Phi) is 7.03. The van der Waals surface area contributed by atoms with Crippen molar-refractivity contribution in [2.45, 2.75) is 32.2 Å². The number of ketones is 1. The molecule has 3 heterocycles. The molecule has 0 fully saturated rings. The summed E-state index contributed by atoms with van der Waals surface area (Å²) in [4.78, 5) is 14.2. The third-order valence-corrected chi connectivity index (χ3v) is 7.41. The predicted octanol–water partition coefficient (Wildman–Crippen LogP) is 5.55. The monoisotopic (exact) mass is 486 g/mol.